The highest BCUT2D eigenvalue weighted by molar-refractivity contribution is 7.99. The van der Waals surface area contributed by atoms with Gasteiger partial charge in [0.2, 0.25) is 15.9 Å². The Morgan fingerprint density at radius 3 is 2.56 bits per heavy atom. The first-order valence-corrected chi connectivity index (χ1v) is 13.4. The fraction of sp³-hybridized carbons (Fsp3) is 0.435. The van der Waals surface area contributed by atoms with E-state index in [2.05, 4.69) is 17.4 Å². The summed E-state index contributed by atoms with van der Waals surface area (Å²) in [4.78, 5) is 14.4. The Morgan fingerprint density at radius 2 is 1.75 bits per heavy atom. The molecule has 0 bridgehead atoms. The Kier molecular flexibility index (Phi) is 6.05. The van der Waals surface area contributed by atoms with Crippen LogP contribution in [0.5, 0.6) is 11.5 Å². The molecule has 32 heavy (non-hydrogen) atoms. The highest BCUT2D eigenvalue weighted by Gasteiger charge is 2.34. The number of piperidine rings is 1. The summed E-state index contributed by atoms with van der Waals surface area (Å²) in [6.07, 6.45) is 1.93. The van der Waals surface area contributed by atoms with Gasteiger partial charge in [-0.15, -0.1) is 11.8 Å². The Hall–Kier alpha value is -2.23. The summed E-state index contributed by atoms with van der Waals surface area (Å²) in [6, 6.07) is 13.0. The number of nitrogens with zero attached hydrogens (tertiary/aromatic N) is 1. The largest absolute Gasteiger partial charge is 0.486 e. The first kappa shape index (κ1) is 21.6. The molecule has 3 heterocycles. The van der Waals surface area contributed by atoms with Gasteiger partial charge in [0.25, 0.3) is 0 Å². The fourth-order valence-corrected chi connectivity index (χ4v) is 7.08. The molecule has 2 aromatic rings. The number of rotatable bonds is 4. The van der Waals surface area contributed by atoms with Crippen molar-refractivity contribution in [2.45, 2.75) is 35.1 Å². The number of ether oxygens (including phenoxy) is 2. The first-order valence-electron chi connectivity index (χ1n) is 10.9. The number of hydrogen-bond acceptors (Lipinski definition) is 6. The molecule has 0 aliphatic carbocycles. The molecule has 1 N–H and O–H groups in total. The van der Waals surface area contributed by atoms with Crippen LogP contribution in [0, 0.1) is 5.92 Å². The van der Waals surface area contributed by atoms with Crippen molar-refractivity contribution in [1.29, 1.82) is 0 Å². The number of carbonyl (C=O) groups is 1. The van der Waals surface area contributed by atoms with Crippen LogP contribution >= 0.6 is 11.8 Å². The molecular weight excluding hydrogens is 448 g/mol. The predicted octanol–water partition coefficient (Wildman–Crippen LogP) is 3.21. The molecule has 1 atom stereocenters. The van der Waals surface area contributed by atoms with Crippen LogP contribution in [-0.2, 0) is 14.8 Å². The van der Waals surface area contributed by atoms with E-state index in [4.69, 9.17) is 9.47 Å². The summed E-state index contributed by atoms with van der Waals surface area (Å²) >= 11 is 1.82. The van der Waals surface area contributed by atoms with Crippen LogP contribution in [-0.4, -0.2) is 50.7 Å². The summed E-state index contributed by atoms with van der Waals surface area (Å²) < 4.78 is 38.7. The molecule has 0 aromatic heterocycles. The number of benzene rings is 2. The minimum absolute atomic E-state index is 0.0214. The summed E-state index contributed by atoms with van der Waals surface area (Å²) in [7, 11) is -3.65. The van der Waals surface area contributed by atoms with Crippen LogP contribution in [0.15, 0.2) is 52.3 Å². The van der Waals surface area contributed by atoms with E-state index in [1.54, 1.807) is 12.1 Å². The lowest BCUT2D eigenvalue weighted by Gasteiger charge is -2.32. The van der Waals surface area contributed by atoms with Gasteiger partial charge in [-0.25, -0.2) is 8.42 Å². The normalized spacial score (nSPS) is 21.6. The van der Waals surface area contributed by atoms with Crippen molar-refractivity contribution >= 4 is 27.7 Å². The van der Waals surface area contributed by atoms with E-state index in [9.17, 15) is 13.2 Å². The Bertz CT molecular complexity index is 1110. The lowest BCUT2D eigenvalue weighted by molar-refractivity contribution is -0.126. The average Bonchev–Trinajstić information content (AvgIpc) is 2.84. The molecule has 1 amide bonds. The monoisotopic (exact) mass is 474 g/mol. The molecule has 5 rings (SSSR count). The van der Waals surface area contributed by atoms with Crippen molar-refractivity contribution in [2.24, 2.45) is 5.92 Å². The summed E-state index contributed by atoms with van der Waals surface area (Å²) in [6.45, 7) is 1.51. The van der Waals surface area contributed by atoms with Crippen LogP contribution < -0.4 is 14.8 Å². The zero-order valence-electron chi connectivity index (χ0n) is 17.7. The predicted molar refractivity (Wildman–Crippen MR) is 122 cm³/mol. The molecule has 3 aliphatic heterocycles. The Morgan fingerprint density at radius 1 is 1.00 bits per heavy atom. The van der Waals surface area contributed by atoms with Crippen LogP contribution in [0.1, 0.15) is 30.9 Å². The Balaban J connectivity index is 1.22. The van der Waals surface area contributed by atoms with Gasteiger partial charge in [0.05, 0.1) is 10.9 Å². The molecular formula is C23H26N2O5S2. The number of carbonyl (C=O) groups excluding carboxylic acids is 1. The van der Waals surface area contributed by atoms with E-state index in [1.165, 1.54) is 20.8 Å². The number of amides is 1. The third-order valence-corrected chi connectivity index (χ3v) is 9.27. The topological polar surface area (TPSA) is 84.9 Å². The molecule has 0 radical (unpaired) electrons. The van der Waals surface area contributed by atoms with Gasteiger partial charge in [-0.3, -0.25) is 4.79 Å². The van der Waals surface area contributed by atoms with Crippen molar-refractivity contribution in [3.05, 3.63) is 48.0 Å². The second-order valence-corrected chi connectivity index (χ2v) is 11.3. The van der Waals surface area contributed by atoms with Crippen molar-refractivity contribution in [2.75, 3.05) is 32.1 Å². The highest BCUT2D eigenvalue weighted by atomic mass is 32.2. The Labute approximate surface area is 192 Å². The summed E-state index contributed by atoms with van der Waals surface area (Å²) in [5, 5.41) is 3.21. The smallest absolute Gasteiger partial charge is 0.243 e. The standard InChI is InChI=1S/C23H26N2O5S2/c26-23(24-19-9-14-31-22-4-2-1-3-18(19)22)16-7-10-25(11-8-16)32(27,28)17-5-6-20-21(15-17)30-13-12-29-20/h1-6,15-16,19H,7-14H2,(H,24,26). The summed E-state index contributed by atoms with van der Waals surface area (Å²) in [5.41, 5.74) is 1.18. The minimum atomic E-state index is -3.65. The zero-order chi connectivity index (χ0) is 22.1. The molecule has 1 unspecified atom stereocenters. The number of thioether (sulfide) groups is 1. The number of hydrogen-bond donors (Lipinski definition) is 1. The maximum Gasteiger partial charge on any atom is 0.243 e. The SMILES string of the molecule is O=C(NC1CCSc2ccccc21)C1CCN(S(=O)(=O)c2ccc3c(c2)OCCO3)CC1. The third-order valence-electron chi connectivity index (χ3n) is 6.25. The van der Waals surface area contributed by atoms with Gasteiger partial charge in [0.1, 0.15) is 13.2 Å². The van der Waals surface area contributed by atoms with Gasteiger partial charge in [0.15, 0.2) is 11.5 Å². The van der Waals surface area contributed by atoms with Gasteiger partial charge in [0, 0.05) is 35.7 Å². The van der Waals surface area contributed by atoms with Gasteiger partial charge >= 0.3 is 0 Å². The number of sulfonamides is 1. The molecule has 9 heteroatoms. The number of fused-ring (bicyclic) bond motifs is 2. The van der Waals surface area contributed by atoms with Gasteiger partial charge < -0.3 is 14.8 Å². The summed E-state index contributed by atoms with van der Waals surface area (Å²) in [5.74, 6) is 1.84. The highest BCUT2D eigenvalue weighted by Crippen LogP contribution is 2.37. The quantitative estimate of drug-likeness (QED) is 0.733. The van der Waals surface area contributed by atoms with Gasteiger partial charge in [-0.1, -0.05) is 18.2 Å². The molecule has 0 spiro atoms. The molecule has 170 valence electrons. The van der Waals surface area contributed by atoms with Crippen molar-refractivity contribution < 1.29 is 22.7 Å². The lowest BCUT2D eigenvalue weighted by Crippen LogP contribution is -2.44. The second kappa shape index (κ2) is 8.96. The van der Waals surface area contributed by atoms with E-state index >= 15 is 0 Å². The molecule has 1 fully saturated rings. The van der Waals surface area contributed by atoms with E-state index in [0.29, 0.717) is 50.6 Å². The fourth-order valence-electron chi connectivity index (χ4n) is 4.47. The third kappa shape index (κ3) is 4.21. The van der Waals surface area contributed by atoms with Crippen molar-refractivity contribution in [3.63, 3.8) is 0 Å². The zero-order valence-corrected chi connectivity index (χ0v) is 19.3. The molecule has 1 saturated heterocycles. The van der Waals surface area contributed by atoms with E-state index in [0.717, 1.165) is 12.2 Å². The van der Waals surface area contributed by atoms with E-state index in [1.807, 2.05) is 23.9 Å². The van der Waals surface area contributed by atoms with Crippen LogP contribution in [0.4, 0.5) is 0 Å². The maximum absolute atomic E-state index is 13.1. The first-order chi connectivity index (χ1) is 15.5. The van der Waals surface area contributed by atoms with Crippen LogP contribution in [0.3, 0.4) is 0 Å². The molecule has 3 aliphatic rings. The van der Waals surface area contributed by atoms with Crippen molar-refractivity contribution in [3.8, 4) is 11.5 Å². The van der Waals surface area contributed by atoms with Gasteiger partial charge in [-0.2, -0.15) is 4.31 Å². The average molecular weight is 475 g/mol. The van der Waals surface area contributed by atoms with Crippen molar-refractivity contribution in [1.82, 2.24) is 9.62 Å². The molecule has 7 nitrogen and oxygen atoms in total. The van der Waals surface area contributed by atoms with Gasteiger partial charge in [-0.05, 0) is 43.0 Å². The molecule has 0 saturated carbocycles. The maximum atomic E-state index is 13.1. The van der Waals surface area contributed by atoms with E-state index in [-0.39, 0.29) is 22.8 Å². The van der Waals surface area contributed by atoms with Crippen LogP contribution in [0.25, 0.3) is 0 Å². The van der Waals surface area contributed by atoms with Crippen LogP contribution in [0.2, 0.25) is 0 Å². The number of nitrogens with one attached hydrogen (secondary N) is 1. The second-order valence-electron chi connectivity index (χ2n) is 8.22. The lowest BCUT2D eigenvalue weighted by atomic mass is 9.95. The van der Waals surface area contributed by atoms with E-state index < -0.39 is 10.0 Å². The minimum Gasteiger partial charge on any atom is -0.486 e. The molecule has 2 aromatic carbocycles.